The van der Waals surface area contributed by atoms with Crippen molar-refractivity contribution in [3.63, 3.8) is 0 Å². The normalized spacial score (nSPS) is 10.7. The second-order valence-electron chi connectivity index (χ2n) is 6.60. The number of carbonyl (C=O) groups is 1. The molecule has 144 valence electrons. The van der Waals surface area contributed by atoms with E-state index in [-0.39, 0.29) is 11.7 Å². The Morgan fingerprint density at radius 1 is 0.931 bits per heavy atom. The first-order chi connectivity index (χ1) is 14.2. The van der Waals surface area contributed by atoms with Gasteiger partial charge in [-0.2, -0.15) is 0 Å². The van der Waals surface area contributed by atoms with Crippen molar-refractivity contribution in [2.24, 2.45) is 0 Å². The molecule has 0 aliphatic carbocycles. The SMILES string of the molecule is Cc1ccc(-n2cnnc2SCC(=O)Nc2ccc(-c3ccccc3)cc2)cc1. The molecule has 4 rings (SSSR count). The van der Waals surface area contributed by atoms with Gasteiger partial charge in [-0.15, -0.1) is 10.2 Å². The number of carbonyl (C=O) groups excluding carboxylic acids is 1. The van der Waals surface area contributed by atoms with E-state index in [9.17, 15) is 4.79 Å². The molecular formula is C23H20N4OS. The highest BCUT2D eigenvalue weighted by molar-refractivity contribution is 7.99. The molecule has 0 spiro atoms. The van der Waals surface area contributed by atoms with Crippen LogP contribution in [-0.2, 0) is 4.79 Å². The summed E-state index contributed by atoms with van der Waals surface area (Å²) in [4.78, 5) is 12.4. The van der Waals surface area contributed by atoms with E-state index >= 15 is 0 Å². The molecule has 3 aromatic carbocycles. The summed E-state index contributed by atoms with van der Waals surface area (Å²) in [6.45, 7) is 2.04. The molecular weight excluding hydrogens is 380 g/mol. The zero-order chi connectivity index (χ0) is 20.1. The minimum atomic E-state index is -0.0825. The Bertz CT molecular complexity index is 1090. The van der Waals surface area contributed by atoms with Crippen molar-refractivity contribution in [3.05, 3.63) is 90.8 Å². The average molecular weight is 401 g/mol. The number of rotatable bonds is 6. The molecule has 4 aromatic rings. The van der Waals surface area contributed by atoms with Gasteiger partial charge in [0.1, 0.15) is 6.33 Å². The summed E-state index contributed by atoms with van der Waals surface area (Å²) in [5.41, 5.74) is 5.20. The van der Waals surface area contributed by atoms with Crippen LogP contribution in [0.3, 0.4) is 0 Å². The van der Waals surface area contributed by atoms with Crippen LogP contribution >= 0.6 is 11.8 Å². The molecule has 0 unspecified atom stereocenters. The number of benzene rings is 3. The van der Waals surface area contributed by atoms with Gasteiger partial charge in [-0.1, -0.05) is 71.9 Å². The number of aryl methyl sites for hydroxylation is 1. The van der Waals surface area contributed by atoms with Gasteiger partial charge >= 0.3 is 0 Å². The molecule has 0 radical (unpaired) electrons. The lowest BCUT2D eigenvalue weighted by Gasteiger charge is -2.08. The van der Waals surface area contributed by atoms with Crippen molar-refractivity contribution in [1.82, 2.24) is 14.8 Å². The molecule has 0 bridgehead atoms. The molecule has 0 aliphatic heterocycles. The van der Waals surface area contributed by atoms with E-state index in [1.54, 1.807) is 6.33 Å². The Morgan fingerprint density at radius 2 is 1.62 bits per heavy atom. The Morgan fingerprint density at radius 3 is 2.34 bits per heavy atom. The first kappa shape index (κ1) is 19.0. The maximum Gasteiger partial charge on any atom is 0.234 e. The van der Waals surface area contributed by atoms with E-state index in [1.165, 1.54) is 17.3 Å². The standard InChI is InChI=1S/C23H20N4OS/c1-17-7-13-21(14-8-17)27-16-24-26-23(27)29-15-22(28)25-20-11-9-19(10-12-20)18-5-3-2-4-6-18/h2-14,16H,15H2,1H3,(H,25,28). The van der Waals surface area contributed by atoms with Crippen LogP contribution in [0.5, 0.6) is 0 Å². The highest BCUT2D eigenvalue weighted by Crippen LogP contribution is 2.22. The van der Waals surface area contributed by atoms with Crippen LogP contribution in [0.25, 0.3) is 16.8 Å². The molecule has 29 heavy (non-hydrogen) atoms. The largest absolute Gasteiger partial charge is 0.325 e. The van der Waals surface area contributed by atoms with Gasteiger partial charge in [-0.05, 0) is 42.3 Å². The molecule has 0 aliphatic rings. The van der Waals surface area contributed by atoms with Crippen molar-refractivity contribution < 1.29 is 4.79 Å². The van der Waals surface area contributed by atoms with E-state index in [1.807, 2.05) is 78.2 Å². The molecule has 1 heterocycles. The summed E-state index contributed by atoms with van der Waals surface area (Å²) in [6, 6.07) is 26.1. The van der Waals surface area contributed by atoms with Crippen LogP contribution in [0.2, 0.25) is 0 Å². The van der Waals surface area contributed by atoms with Crippen LogP contribution in [-0.4, -0.2) is 26.4 Å². The van der Waals surface area contributed by atoms with Crippen molar-refractivity contribution >= 4 is 23.4 Å². The average Bonchev–Trinajstić information content (AvgIpc) is 3.23. The van der Waals surface area contributed by atoms with Gasteiger partial charge < -0.3 is 5.32 Å². The molecule has 0 saturated carbocycles. The second kappa shape index (κ2) is 8.75. The minimum absolute atomic E-state index is 0.0825. The number of anilines is 1. The Kier molecular flexibility index (Phi) is 5.72. The van der Waals surface area contributed by atoms with E-state index in [4.69, 9.17) is 0 Å². The first-order valence-electron chi connectivity index (χ1n) is 9.24. The van der Waals surface area contributed by atoms with Crippen LogP contribution in [0.1, 0.15) is 5.56 Å². The maximum absolute atomic E-state index is 12.4. The quantitative estimate of drug-likeness (QED) is 0.464. The summed E-state index contributed by atoms with van der Waals surface area (Å²) in [5, 5.41) is 11.7. The molecule has 6 heteroatoms. The molecule has 1 N–H and O–H groups in total. The lowest BCUT2D eigenvalue weighted by atomic mass is 10.1. The van der Waals surface area contributed by atoms with Crippen LogP contribution in [0.4, 0.5) is 5.69 Å². The van der Waals surface area contributed by atoms with Gasteiger partial charge in [0.15, 0.2) is 5.16 Å². The number of hydrogen-bond donors (Lipinski definition) is 1. The Labute approximate surface area is 173 Å². The topological polar surface area (TPSA) is 59.8 Å². The second-order valence-corrected chi connectivity index (χ2v) is 7.54. The van der Waals surface area contributed by atoms with Gasteiger partial charge in [0, 0.05) is 11.4 Å². The molecule has 1 amide bonds. The highest BCUT2D eigenvalue weighted by Gasteiger charge is 2.10. The number of aromatic nitrogens is 3. The lowest BCUT2D eigenvalue weighted by Crippen LogP contribution is -2.14. The van der Waals surface area contributed by atoms with E-state index in [2.05, 4.69) is 27.6 Å². The van der Waals surface area contributed by atoms with Crippen molar-refractivity contribution in [3.8, 4) is 16.8 Å². The summed E-state index contributed by atoms with van der Waals surface area (Å²) in [6.07, 6.45) is 1.66. The minimum Gasteiger partial charge on any atom is -0.325 e. The summed E-state index contributed by atoms with van der Waals surface area (Å²) in [7, 11) is 0. The fourth-order valence-electron chi connectivity index (χ4n) is 2.91. The zero-order valence-electron chi connectivity index (χ0n) is 15.9. The third-order valence-corrected chi connectivity index (χ3v) is 5.38. The van der Waals surface area contributed by atoms with Crippen molar-refractivity contribution in [2.45, 2.75) is 12.1 Å². The highest BCUT2D eigenvalue weighted by atomic mass is 32.2. The van der Waals surface area contributed by atoms with Crippen molar-refractivity contribution in [2.75, 3.05) is 11.1 Å². The van der Waals surface area contributed by atoms with Crippen LogP contribution in [0.15, 0.2) is 90.3 Å². The Hall–Kier alpha value is -3.38. The number of hydrogen-bond acceptors (Lipinski definition) is 4. The number of nitrogens with one attached hydrogen (secondary N) is 1. The molecule has 0 atom stereocenters. The smallest absolute Gasteiger partial charge is 0.234 e. The zero-order valence-corrected chi connectivity index (χ0v) is 16.8. The van der Waals surface area contributed by atoms with Crippen molar-refractivity contribution in [1.29, 1.82) is 0 Å². The van der Waals surface area contributed by atoms with E-state index in [0.717, 1.165) is 22.5 Å². The van der Waals surface area contributed by atoms with Gasteiger partial charge in [-0.25, -0.2) is 0 Å². The summed E-state index contributed by atoms with van der Waals surface area (Å²) < 4.78 is 1.88. The third kappa shape index (κ3) is 4.73. The lowest BCUT2D eigenvalue weighted by molar-refractivity contribution is -0.113. The third-order valence-electron chi connectivity index (χ3n) is 4.44. The number of amides is 1. The molecule has 0 fully saturated rings. The summed E-state index contributed by atoms with van der Waals surface area (Å²) >= 11 is 1.36. The van der Waals surface area contributed by atoms with Gasteiger partial charge in [-0.3, -0.25) is 9.36 Å². The Balaban J connectivity index is 1.36. The monoisotopic (exact) mass is 400 g/mol. The number of thioether (sulfide) groups is 1. The van der Waals surface area contributed by atoms with Gasteiger partial charge in [0.25, 0.3) is 0 Å². The van der Waals surface area contributed by atoms with Gasteiger partial charge in [0.2, 0.25) is 5.91 Å². The van der Waals surface area contributed by atoms with E-state index in [0.29, 0.717) is 5.16 Å². The molecule has 5 nitrogen and oxygen atoms in total. The fourth-order valence-corrected chi connectivity index (χ4v) is 3.64. The van der Waals surface area contributed by atoms with Crippen LogP contribution in [0, 0.1) is 6.92 Å². The summed E-state index contributed by atoms with van der Waals surface area (Å²) in [5.74, 6) is 0.172. The van der Waals surface area contributed by atoms with Gasteiger partial charge in [0.05, 0.1) is 5.75 Å². The van der Waals surface area contributed by atoms with Crippen LogP contribution < -0.4 is 5.32 Å². The fraction of sp³-hybridized carbons (Fsp3) is 0.0870. The predicted molar refractivity (Wildman–Crippen MR) is 117 cm³/mol. The number of nitrogens with zero attached hydrogens (tertiary/aromatic N) is 3. The maximum atomic E-state index is 12.4. The molecule has 0 saturated heterocycles. The first-order valence-corrected chi connectivity index (χ1v) is 10.2. The predicted octanol–water partition coefficient (Wildman–Crippen LogP) is 4.97. The molecule has 1 aromatic heterocycles. The van der Waals surface area contributed by atoms with E-state index < -0.39 is 0 Å².